The Labute approximate surface area is 69.5 Å². The number of rotatable bonds is 0. The topological polar surface area (TPSA) is 40.5 Å². The summed E-state index contributed by atoms with van der Waals surface area (Å²) in [4.78, 5) is 0. The maximum absolute atomic E-state index is 8.81. The molecule has 0 unspecified atom stereocenters. The summed E-state index contributed by atoms with van der Waals surface area (Å²) < 4.78 is 0. The van der Waals surface area contributed by atoms with Gasteiger partial charge in [-0.2, -0.15) is 0 Å². The van der Waals surface area contributed by atoms with Crippen molar-refractivity contribution in [2.75, 3.05) is 0 Å². The van der Waals surface area contributed by atoms with Gasteiger partial charge in [-0.3, -0.25) is 0 Å². The van der Waals surface area contributed by atoms with Gasteiger partial charge >= 0.3 is 0 Å². The third-order valence-corrected chi connectivity index (χ3v) is 1.35. The zero-order chi connectivity index (χ0) is 6.85. The van der Waals surface area contributed by atoms with Crippen LogP contribution in [-0.2, 0) is 0 Å². The smallest absolute Gasteiger partial charge is 0.137 e. The van der Waals surface area contributed by atoms with Crippen LogP contribution < -0.4 is 0 Å². The molecular weight excluding hydrogens is 175 g/mol. The molecule has 0 spiro atoms. The summed E-state index contributed by atoms with van der Waals surface area (Å²) in [5, 5.41) is 17.6. The molecule has 0 saturated heterocycles. The molecule has 0 amide bonds. The molecule has 0 fully saturated rings. The fraction of sp³-hybridized carbons (Fsp3) is 0. The molecule has 56 valence electrons. The van der Waals surface area contributed by atoms with Gasteiger partial charge in [-0.15, -0.1) is 12.4 Å². The van der Waals surface area contributed by atoms with Gasteiger partial charge in [0.25, 0.3) is 0 Å². The molecule has 1 aromatic rings. The first kappa shape index (κ1) is 9.40. The van der Waals surface area contributed by atoms with E-state index in [1.54, 1.807) is 0 Å². The Hall–Kier alpha value is -0.600. The van der Waals surface area contributed by atoms with E-state index in [0.717, 1.165) is 0 Å². The normalized spacial score (nSPS) is 8.50. The predicted octanol–water partition coefficient (Wildman–Crippen LogP) is 2.17. The first-order valence-corrected chi connectivity index (χ1v) is 2.76. The second-order valence-corrected chi connectivity index (χ2v) is 1.99. The van der Waals surface area contributed by atoms with Gasteiger partial charge < -0.3 is 10.2 Å². The zero-order valence-corrected chi connectivity index (χ0v) is 6.49. The van der Waals surface area contributed by atoms with Crippen molar-refractivity contribution in [2.24, 2.45) is 0 Å². The standard InChI is InChI=1S/C6H5ClO2.ClH/c7-6-4(8)2-1-3-5(6)9;/h1-3,8-9H;1H. The maximum Gasteiger partial charge on any atom is 0.137 e. The van der Waals surface area contributed by atoms with Crippen LogP contribution in [0.15, 0.2) is 18.2 Å². The van der Waals surface area contributed by atoms with Crippen LogP contribution in [0.4, 0.5) is 0 Å². The lowest BCUT2D eigenvalue weighted by Gasteiger charge is -1.95. The van der Waals surface area contributed by atoms with Gasteiger partial charge in [0.2, 0.25) is 0 Å². The summed E-state index contributed by atoms with van der Waals surface area (Å²) in [7, 11) is 0. The number of phenolic OH excluding ortho intramolecular Hbond substituents is 2. The number of aromatic hydroxyl groups is 2. The minimum absolute atomic E-state index is 0. The molecule has 1 rings (SSSR count). The van der Waals surface area contributed by atoms with E-state index < -0.39 is 0 Å². The number of benzene rings is 1. The lowest BCUT2D eigenvalue weighted by molar-refractivity contribution is 0.451. The van der Waals surface area contributed by atoms with E-state index in [1.807, 2.05) is 0 Å². The highest BCUT2D eigenvalue weighted by molar-refractivity contribution is 6.33. The van der Waals surface area contributed by atoms with E-state index >= 15 is 0 Å². The monoisotopic (exact) mass is 180 g/mol. The highest BCUT2D eigenvalue weighted by Crippen LogP contribution is 2.30. The molecule has 10 heavy (non-hydrogen) atoms. The highest BCUT2D eigenvalue weighted by Gasteiger charge is 2.00. The highest BCUT2D eigenvalue weighted by atomic mass is 35.5. The molecule has 0 heterocycles. The summed E-state index contributed by atoms with van der Waals surface area (Å²) in [6.45, 7) is 0. The number of phenols is 2. The maximum atomic E-state index is 8.81. The van der Waals surface area contributed by atoms with Crippen LogP contribution >= 0.6 is 24.0 Å². The van der Waals surface area contributed by atoms with E-state index in [4.69, 9.17) is 21.8 Å². The molecule has 0 aromatic heterocycles. The number of hydrogen-bond acceptors (Lipinski definition) is 2. The Morgan fingerprint density at radius 2 is 1.50 bits per heavy atom. The average Bonchev–Trinajstić information content (AvgIpc) is 1.83. The SMILES string of the molecule is Cl.Oc1cccc(O)c1Cl. The Kier molecular flexibility index (Phi) is 3.33. The van der Waals surface area contributed by atoms with E-state index in [0.29, 0.717) is 0 Å². The molecule has 0 radical (unpaired) electrons. The van der Waals surface area contributed by atoms with Crippen LogP contribution in [0.3, 0.4) is 0 Å². The molecule has 0 atom stereocenters. The van der Waals surface area contributed by atoms with Crippen LogP contribution in [0, 0.1) is 0 Å². The lowest BCUT2D eigenvalue weighted by Crippen LogP contribution is -1.67. The molecule has 0 bridgehead atoms. The van der Waals surface area contributed by atoms with E-state index in [2.05, 4.69) is 0 Å². The van der Waals surface area contributed by atoms with Crippen molar-refractivity contribution in [1.82, 2.24) is 0 Å². The Morgan fingerprint density at radius 3 is 1.80 bits per heavy atom. The second kappa shape index (κ2) is 3.54. The number of hydrogen-bond donors (Lipinski definition) is 2. The van der Waals surface area contributed by atoms with Crippen molar-refractivity contribution in [3.05, 3.63) is 23.2 Å². The molecular formula is C6H6Cl2O2. The van der Waals surface area contributed by atoms with Crippen LogP contribution in [0.1, 0.15) is 0 Å². The average molecular weight is 181 g/mol. The van der Waals surface area contributed by atoms with Crippen molar-refractivity contribution in [1.29, 1.82) is 0 Å². The quantitative estimate of drug-likeness (QED) is 0.643. The van der Waals surface area contributed by atoms with Gasteiger partial charge in [0.1, 0.15) is 16.5 Å². The molecule has 0 aliphatic heterocycles. The van der Waals surface area contributed by atoms with E-state index in [-0.39, 0.29) is 28.9 Å². The predicted molar refractivity (Wildman–Crippen MR) is 42.0 cm³/mol. The van der Waals surface area contributed by atoms with Crippen molar-refractivity contribution in [3.63, 3.8) is 0 Å². The fourth-order valence-corrected chi connectivity index (χ4v) is 0.634. The molecule has 0 aliphatic carbocycles. The minimum atomic E-state index is -0.100. The molecule has 2 nitrogen and oxygen atoms in total. The Bertz CT molecular complexity index is 205. The first-order valence-electron chi connectivity index (χ1n) is 2.38. The van der Waals surface area contributed by atoms with Gasteiger partial charge in [0.05, 0.1) is 0 Å². The van der Waals surface area contributed by atoms with Gasteiger partial charge in [-0.1, -0.05) is 17.7 Å². The molecule has 1 aromatic carbocycles. The van der Waals surface area contributed by atoms with Crippen molar-refractivity contribution in [2.45, 2.75) is 0 Å². The van der Waals surface area contributed by atoms with Crippen molar-refractivity contribution >= 4 is 24.0 Å². The van der Waals surface area contributed by atoms with Crippen LogP contribution in [-0.4, -0.2) is 10.2 Å². The fourth-order valence-electron chi connectivity index (χ4n) is 0.508. The van der Waals surface area contributed by atoms with E-state index in [1.165, 1.54) is 18.2 Å². The summed E-state index contributed by atoms with van der Waals surface area (Å²) in [5.74, 6) is -0.201. The molecule has 0 saturated carbocycles. The second-order valence-electron chi connectivity index (χ2n) is 1.61. The van der Waals surface area contributed by atoms with Crippen molar-refractivity contribution < 1.29 is 10.2 Å². The third kappa shape index (κ3) is 1.69. The Balaban J connectivity index is 0.000000810. The Morgan fingerprint density at radius 1 is 1.10 bits per heavy atom. The molecule has 0 aliphatic rings. The third-order valence-electron chi connectivity index (χ3n) is 0.958. The zero-order valence-electron chi connectivity index (χ0n) is 4.91. The van der Waals surface area contributed by atoms with Gasteiger partial charge in [0, 0.05) is 0 Å². The minimum Gasteiger partial charge on any atom is -0.506 e. The van der Waals surface area contributed by atoms with E-state index in [9.17, 15) is 0 Å². The van der Waals surface area contributed by atoms with Gasteiger partial charge in [-0.05, 0) is 12.1 Å². The number of halogens is 2. The first-order chi connectivity index (χ1) is 4.22. The van der Waals surface area contributed by atoms with Crippen LogP contribution in [0.5, 0.6) is 11.5 Å². The van der Waals surface area contributed by atoms with Crippen LogP contribution in [0.2, 0.25) is 5.02 Å². The molecule has 4 heteroatoms. The van der Waals surface area contributed by atoms with Crippen LogP contribution in [0.25, 0.3) is 0 Å². The van der Waals surface area contributed by atoms with Gasteiger partial charge in [-0.25, -0.2) is 0 Å². The lowest BCUT2D eigenvalue weighted by atomic mass is 10.3. The largest absolute Gasteiger partial charge is 0.506 e. The van der Waals surface area contributed by atoms with Gasteiger partial charge in [0.15, 0.2) is 0 Å². The summed E-state index contributed by atoms with van der Waals surface area (Å²) in [6.07, 6.45) is 0. The summed E-state index contributed by atoms with van der Waals surface area (Å²) in [5.41, 5.74) is 0. The molecule has 2 N–H and O–H groups in total. The summed E-state index contributed by atoms with van der Waals surface area (Å²) in [6, 6.07) is 4.32. The van der Waals surface area contributed by atoms with Crippen molar-refractivity contribution in [3.8, 4) is 11.5 Å². The summed E-state index contributed by atoms with van der Waals surface area (Å²) >= 11 is 5.38.